The summed E-state index contributed by atoms with van der Waals surface area (Å²) in [7, 11) is 0. The van der Waals surface area contributed by atoms with Gasteiger partial charge in [0.15, 0.2) is 0 Å². The van der Waals surface area contributed by atoms with Crippen molar-refractivity contribution in [3.63, 3.8) is 0 Å². The highest BCUT2D eigenvalue weighted by Crippen LogP contribution is 2.40. The van der Waals surface area contributed by atoms with Crippen LogP contribution >= 0.6 is 11.6 Å². The van der Waals surface area contributed by atoms with E-state index in [4.69, 9.17) is 16.4 Å². The van der Waals surface area contributed by atoms with Gasteiger partial charge in [0.1, 0.15) is 0 Å². The van der Waals surface area contributed by atoms with Crippen molar-refractivity contribution in [2.45, 2.75) is 26.2 Å². The maximum atomic E-state index is 12.0. The number of rotatable bonds is 2. The fourth-order valence-electron chi connectivity index (χ4n) is 2.00. The molecule has 1 amide bonds. The minimum absolute atomic E-state index is 0.222. The SMILES string of the molecule is CCC1C(=O)N(OC(C)=O)c2ccc(Cl)cc21. The molecule has 0 radical (unpaired) electrons. The Morgan fingerprint density at radius 1 is 1.53 bits per heavy atom. The predicted molar refractivity (Wildman–Crippen MR) is 63.7 cm³/mol. The Kier molecular flexibility index (Phi) is 3.07. The number of hydrogen-bond donors (Lipinski definition) is 0. The Morgan fingerprint density at radius 3 is 2.82 bits per heavy atom. The van der Waals surface area contributed by atoms with Gasteiger partial charge in [-0.25, -0.2) is 4.79 Å². The van der Waals surface area contributed by atoms with Crippen LogP contribution in [-0.4, -0.2) is 11.9 Å². The number of nitrogens with zero attached hydrogens (tertiary/aromatic N) is 1. The average molecular weight is 254 g/mol. The molecule has 1 heterocycles. The zero-order valence-electron chi connectivity index (χ0n) is 9.57. The van der Waals surface area contributed by atoms with E-state index in [1.807, 2.05) is 6.92 Å². The van der Waals surface area contributed by atoms with Crippen molar-refractivity contribution in [3.8, 4) is 0 Å². The van der Waals surface area contributed by atoms with Crippen molar-refractivity contribution in [3.05, 3.63) is 28.8 Å². The number of benzene rings is 1. The molecular formula is C12H12ClNO3. The Hall–Kier alpha value is -1.55. The van der Waals surface area contributed by atoms with Gasteiger partial charge in [-0.15, -0.1) is 5.06 Å². The molecule has 4 nitrogen and oxygen atoms in total. The summed E-state index contributed by atoms with van der Waals surface area (Å²) in [6.45, 7) is 3.17. The molecule has 90 valence electrons. The lowest BCUT2D eigenvalue weighted by atomic mass is 9.98. The van der Waals surface area contributed by atoms with Gasteiger partial charge in [0.25, 0.3) is 5.91 Å². The summed E-state index contributed by atoms with van der Waals surface area (Å²) >= 11 is 5.91. The van der Waals surface area contributed by atoms with Crippen LogP contribution in [-0.2, 0) is 14.4 Å². The van der Waals surface area contributed by atoms with Gasteiger partial charge in [-0.3, -0.25) is 4.79 Å². The molecule has 1 aromatic carbocycles. The highest BCUT2D eigenvalue weighted by Gasteiger charge is 2.38. The van der Waals surface area contributed by atoms with E-state index in [-0.39, 0.29) is 11.8 Å². The second kappa shape index (κ2) is 4.37. The van der Waals surface area contributed by atoms with Crippen molar-refractivity contribution in [1.82, 2.24) is 0 Å². The largest absolute Gasteiger partial charge is 0.333 e. The first-order valence-electron chi connectivity index (χ1n) is 5.36. The molecule has 0 aliphatic carbocycles. The summed E-state index contributed by atoms with van der Waals surface area (Å²) in [5.74, 6) is -1.03. The van der Waals surface area contributed by atoms with Crippen molar-refractivity contribution in [2.75, 3.05) is 5.06 Å². The first kappa shape index (κ1) is 11.9. The molecule has 0 N–H and O–H groups in total. The van der Waals surface area contributed by atoms with Gasteiger partial charge in [-0.2, -0.15) is 0 Å². The number of carbonyl (C=O) groups excluding carboxylic acids is 2. The zero-order valence-corrected chi connectivity index (χ0v) is 10.3. The quantitative estimate of drug-likeness (QED) is 0.814. The summed E-state index contributed by atoms with van der Waals surface area (Å²) in [6, 6.07) is 5.10. The Bertz CT molecular complexity index is 487. The zero-order chi connectivity index (χ0) is 12.6. The molecule has 1 aliphatic heterocycles. The lowest BCUT2D eigenvalue weighted by molar-refractivity contribution is -0.148. The second-order valence-corrected chi connectivity index (χ2v) is 4.32. The molecule has 1 aromatic rings. The molecule has 0 aromatic heterocycles. The average Bonchev–Trinajstić information content (AvgIpc) is 2.50. The van der Waals surface area contributed by atoms with Gasteiger partial charge < -0.3 is 4.84 Å². The van der Waals surface area contributed by atoms with Crippen molar-refractivity contribution in [1.29, 1.82) is 0 Å². The molecule has 0 saturated carbocycles. The summed E-state index contributed by atoms with van der Waals surface area (Å²) in [5, 5.41) is 1.63. The molecule has 0 fully saturated rings. The number of halogens is 1. The van der Waals surface area contributed by atoms with Crippen LogP contribution < -0.4 is 5.06 Å². The number of carbonyl (C=O) groups is 2. The minimum Gasteiger partial charge on any atom is -0.333 e. The van der Waals surface area contributed by atoms with Gasteiger partial charge in [-0.05, 0) is 30.2 Å². The minimum atomic E-state index is -0.518. The van der Waals surface area contributed by atoms with Crippen LogP contribution in [0.15, 0.2) is 18.2 Å². The van der Waals surface area contributed by atoms with Gasteiger partial charge in [0, 0.05) is 11.9 Å². The smallest absolute Gasteiger partial charge is 0.330 e. The molecule has 1 atom stereocenters. The van der Waals surface area contributed by atoms with E-state index in [1.165, 1.54) is 6.92 Å². The van der Waals surface area contributed by atoms with Crippen LogP contribution in [0.1, 0.15) is 31.7 Å². The van der Waals surface area contributed by atoms with E-state index < -0.39 is 5.97 Å². The van der Waals surface area contributed by atoms with E-state index in [0.29, 0.717) is 17.1 Å². The molecule has 1 aliphatic rings. The lowest BCUT2D eigenvalue weighted by Gasteiger charge is -2.15. The first-order chi connectivity index (χ1) is 8.04. The maximum Gasteiger partial charge on any atom is 0.330 e. The molecule has 2 rings (SSSR count). The van der Waals surface area contributed by atoms with Crippen LogP contribution in [0.5, 0.6) is 0 Å². The summed E-state index contributed by atoms with van der Waals surface area (Å²) < 4.78 is 0. The standard InChI is InChI=1S/C12H12ClNO3/c1-3-9-10-6-8(13)4-5-11(10)14(12(9)16)17-7(2)15/h4-6,9H,3H2,1-2H3. The Morgan fingerprint density at radius 2 is 2.24 bits per heavy atom. The van der Waals surface area contributed by atoms with Crippen LogP contribution in [0.4, 0.5) is 5.69 Å². The Labute approximate surface area is 104 Å². The van der Waals surface area contributed by atoms with Gasteiger partial charge in [-0.1, -0.05) is 18.5 Å². The molecule has 0 bridgehead atoms. The van der Waals surface area contributed by atoms with Crippen molar-refractivity contribution in [2.24, 2.45) is 0 Å². The molecular weight excluding hydrogens is 242 g/mol. The topological polar surface area (TPSA) is 46.6 Å². The van der Waals surface area contributed by atoms with Crippen LogP contribution in [0.3, 0.4) is 0 Å². The third kappa shape index (κ3) is 2.00. The van der Waals surface area contributed by atoms with E-state index in [0.717, 1.165) is 10.6 Å². The second-order valence-electron chi connectivity index (χ2n) is 3.88. The van der Waals surface area contributed by atoms with Crippen molar-refractivity contribution < 1.29 is 14.4 Å². The number of fused-ring (bicyclic) bond motifs is 1. The normalized spacial score (nSPS) is 18.2. The van der Waals surface area contributed by atoms with Gasteiger partial charge in [0.2, 0.25) is 0 Å². The molecule has 1 unspecified atom stereocenters. The van der Waals surface area contributed by atoms with E-state index in [2.05, 4.69) is 0 Å². The highest BCUT2D eigenvalue weighted by molar-refractivity contribution is 6.31. The monoisotopic (exact) mass is 253 g/mol. The predicted octanol–water partition coefficient (Wildman–Crippen LogP) is 2.66. The molecule has 17 heavy (non-hydrogen) atoms. The fraction of sp³-hybridized carbons (Fsp3) is 0.333. The Balaban J connectivity index is 2.46. The third-order valence-electron chi connectivity index (χ3n) is 2.71. The number of hydrogen-bond acceptors (Lipinski definition) is 3. The first-order valence-corrected chi connectivity index (χ1v) is 5.74. The third-order valence-corrected chi connectivity index (χ3v) is 2.95. The summed E-state index contributed by atoms with van der Waals surface area (Å²) in [4.78, 5) is 27.9. The number of anilines is 1. The van der Waals surface area contributed by atoms with Crippen LogP contribution in [0.25, 0.3) is 0 Å². The maximum absolute atomic E-state index is 12.0. The highest BCUT2D eigenvalue weighted by atomic mass is 35.5. The van der Waals surface area contributed by atoms with E-state index in [1.54, 1.807) is 18.2 Å². The van der Waals surface area contributed by atoms with Gasteiger partial charge >= 0.3 is 5.97 Å². The van der Waals surface area contributed by atoms with E-state index in [9.17, 15) is 9.59 Å². The molecule has 5 heteroatoms. The fourth-order valence-corrected chi connectivity index (χ4v) is 2.18. The number of amides is 1. The van der Waals surface area contributed by atoms with Crippen LogP contribution in [0, 0.1) is 0 Å². The molecule has 0 saturated heterocycles. The summed E-state index contributed by atoms with van der Waals surface area (Å²) in [5.41, 5.74) is 1.41. The molecule has 0 spiro atoms. The van der Waals surface area contributed by atoms with Crippen LogP contribution in [0.2, 0.25) is 5.02 Å². The van der Waals surface area contributed by atoms with Crippen molar-refractivity contribution >= 4 is 29.2 Å². The van der Waals surface area contributed by atoms with Gasteiger partial charge in [0.05, 0.1) is 11.6 Å². The number of hydroxylamine groups is 1. The van der Waals surface area contributed by atoms with E-state index >= 15 is 0 Å². The summed E-state index contributed by atoms with van der Waals surface area (Å²) in [6.07, 6.45) is 0.643. The lowest BCUT2D eigenvalue weighted by Crippen LogP contribution is -2.30.